The van der Waals surface area contributed by atoms with Gasteiger partial charge >= 0.3 is 0 Å². The normalized spacial score (nSPS) is 17.2. The van der Waals surface area contributed by atoms with Crippen molar-refractivity contribution in [1.29, 1.82) is 0 Å². The molecule has 0 spiro atoms. The van der Waals surface area contributed by atoms with E-state index < -0.39 is 0 Å². The lowest BCUT2D eigenvalue weighted by atomic mass is 9.92. The number of allylic oxidation sites excluding steroid dienone is 1. The van der Waals surface area contributed by atoms with Crippen LogP contribution in [0.25, 0.3) is 11.1 Å². The maximum atomic E-state index is 12.3. The van der Waals surface area contributed by atoms with Crippen LogP contribution in [0.5, 0.6) is 0 Å². The lowest BCUT2D eigenvalue weighted by molar-refractivity contribution is -0.120. The molecule has 3 nitrogen and oxygen atoms in total. The summed E-state index contributed by atoms with van der Waals surface area (Å²) in [6, 6.07) is 17.0. The second-order valence-electron chi connectivity index (χ2n) is 8.86. The number of amides is 1. The molecule has 1 heterocycles. The lowest BCUT2D eigenvalue weighted by Gasteiger charge is -2.29. The van der Waals surface area contributed by atoms with Crippen molar-refractivity contribution in [2.45, 2.75) is 52.4 Å². The number of nitrogens with one attached hydrogen (secondary N) is 1. The number of carbonyl (C=O) groups excluding carboxylic acids is 1. The van der Waals surface area contributed by atoms with E-state index >= 15 is 0 Å². The van der Waals surface area contributed by atoms with Crippen LogP contribution >= 0.6 is 0 Å². The minimum Gasteiger partial charge on any atom is -0.356 e. The van der Waals surface area contributed by atoms with Crippen LogP contribution in [0.4, 0.5) is 0 Å². The molecule has 3 heteroatoms. The number of rotatable bonds is 10. The first-order valence-corrected chi connectivity index (χ1v) is 12.0. The van der Waals surface area contributed by atoms with Crippen molar-refractivity contribution in [2.75, 3.05) is 26.2 Å². The van der Waals surface area contributed by atoms with Gasteiger partial charge in [-0.15, -0.1) is 0 Å². The third kappa shape index (κ3) is 7.36. The van der Waals surface area contributed by atoms with Crippen molar-refractivity contribution in [3.05, 3.63) is 71.8 Å². The Morgan fingerprint density at radius 1 is 1.06 bits per heavy atom. The quantitative estimate of drug-likeness (QED) is 0.506. The third-order valence-corrected chi connectivity index (χ3v) is 6.10. The number of nitrogens with zero attached hydrogens (tertiary/aromatic N) is 1. The first-order chi connectivity index (χ1) is 15.2. The topological polar surface area (TPSA) is 32.3 Å². The Morgan fingerprint density at radius 2 is 1.77 bits per heavy atom. The highest BCUT2D eigenvalue weighted by Crippen LogP contribution is 2.28. The van der Waals surface area contributed by atoms with Crippen molar-refractivity contribution < 1.29 is 4.79 Å². The zero-order chi connectivity index (χ0) is 21.9. The Balaban J connectivity index is 1.63. The lowest BCUT2D eigenvalue weighted by Crippen LogP contribution is -2.34. The van der Waals surface area contributed by atoms with E-state index in [9.17, 15) is 4.79 Å². The van der Waals surface area contributed by atoms with Gasteiger partial charge in [-0.2, -0.15) is 0 Å². The summed E-state index contributed by atoms with van der Waals surface area (Å²) in [4.78, 5) is 14.9. The summed E-state index contributed by atoms with van der Waals surface area (Å²) in [7, 11) is 0. The maximum Gasteiger partial charge on any atom is 0.224 e. The SMILES string of the molecule is CCCNC(=O)Cc1ccccc1-c1ccccc1CC/C=C/CN1CCCC(C)C1. The summed E-state index contributed by atoms with van der Waals surface area (Å²) in [5, 5.41) is 3.00. The van der Waals surface area contributed by atoms with Gasteiger partial charge in [-0.1, -0.05) is 74.5 Å². The smallest absolute Gasteiger partial charge is 0.224 e. The second-order valence-corrected chi connectivity index (χ2v) is 8.86. The molecule has 31 heavy (non-hydrogen) atoms. The van der Waals surface area contributed by atoms with Crippen LogP contribution in [-0.4, -0.2) is 37.0 Å². The molecule has 1 fully saturated rings. The van der Waals surface area contributed by atoms with Crippen molar-refractivity contribution in [2.24, 2.45) is 5.92 Å². The summed E-state index contributed by atoms with van der Waals surface area (Å²) >= 11 is 0. The molecular formula is C28H38N2O. The van der Waals surface area contributed by atoms with Gasteiger partial charge in [0.05, 0.1) is 6.42 Å². The molecule has 2 aromatic carbocycles. The minimum absolute atomic E-state index is 0.0988. The minimum atomic E-state index is 0.0988. The van der Waals surface area contributed by atoms with E-state index in [1.54, 1.807) is 0 Å². The van der Waals surface area contributed by atoms with Crippen LogP contribution < -0.4 is 5.32 Å². The van der Waals surface area contributed by atoms with Crippen LogP contribution in [0, 0.1) is 5.92 Å². The molecule has 1 aliphatic rings. The molecule has 0 aromatic heterocycles. The van der Waals surface area contributed by atoms with Gasteiger partial charge in [-0.3, -0.25) is 9.69 Å². The van der Waals surface area contributed by atoms with Crippen LogP contribution in [0.2, 0.25) is 0 Å². The third-order valence-electron chi connectivity index (χ3n) is 6.10. The zero-order valence-electron chi connectivity index (χ0n) is 19.3. The van der Waals surface area contributed by atoms with E-state index in [0.717, 1.165) is 43.8 Å². The monoisotopic (exact) mass is 418 g/mol. The van der Waals surface area contributed by atoms with Crippen LogP contribution in [-0.2, 0) is 17.6 Å². The van der Waals surface area contributed by atoms with Gasteiger partial charge in [-0.05, 0) is 66.8 Å². The van der Waals surface area contributed by atoms with Gasteiger partial charge < -0.3 is 5.32 Å². The molecule has 2 aromatic rings. The summed E-state index contributed by atoms with van der Waals surface area (Å²) in [5.74, 6) is 0.930. The van der Waals surface area contributed by atoms with E-state index in [1.807, 2.05) is 6.07 Å². The molecule has 0 aliphatic carbocycles. The number of hydrogen-bond donors (Lipinski definition) is 1. The van der Waals surface area contributed by atoms with Crippen molar-refractivity contribution in [1.82, 2.24) is 10.2 Å². The van der Waals surface area contributed by atoms with E-state index in [2.05, 4.69) is 78.7 Å². The molecule has 0 saturated carbocycles. The second kappa shape index (κ2) is 12.5. The Labute approximate surface area is 188 Å². The zero-order valence-corrected chi connectivity index (χ0v) is 19.3. The molecular weight excluding hydrogens is 380 g/mol. The van der Waals surface area contributed by atoms with Gasteiger partial charge in [-0.25, -0.2) is 0 Å². The van der Waals surface area contributed by atoms with Crippen molar-refractivity contribution in [3.8, 4) is 11.1 Å². The fourth-order valence-corrected chi connectivity index (χ4v) is 4.47. The predicted octanol–water partition coefficient (Wildman–Crippen LogP) is 5.64. The van der Waals surface area contributed by atoms with Gasteiger partial charge in [0.25, 0.3) is 0 Å². The first-order valence-electron chi connectivity index (χ1n) is 12.0. The molecule has 1 saturated heterocycles. The Hall–Kier alpha value is -2.39. The summed E-state index contributed by atoms with van der Waals surface area (Å²) in [5.41, 5.74) is 4.87. The Kier molecular flexibility index (Phi) is 9.36. The molecule has 1 amide bonds. The van der Waals surface area contributed by atoms with Gasteiger partial charge in [0.1, 0.15) is 0 Å². The molecule has 1 unspecified atom stereocenters. The number of likely N-dealkylation sites (tertiary alicyclic amines) is 1. The molecule has 166 valence electrons. The van der Waals surface area contributed by atoms with Crippen molar-refractivity contribution >= 4 is 5.91 Å². The number of piperidine rings is 1. The van der Waals surface area contributed by atoms with E-state index in [-0.39, 0.29) is 5.91 Å². The molecule has 3 rings (SSSR count). The fraction of sp³-hybridized carbons (Fsp3) is 0.464. The van der Waals surface area contributed by atoms with E-state index in [0.29, 0.717) is 6.42 Å². The van der Waals surface area contributed by atoms with Crippen LogP contribution in [0.1, 0.15) is 50.7 Å². The highest BCUT2D eigenvalue weighted by atomic mass is 16.1. The average molecular weight is 419 g/mol. The fourth-order valence-electron chi connectivity index (χ4n) is 4.47. The number of carbonyl (C=O) groups is 1. The van der Waals surface area contributed by atoms with E-state index in [1.165, 1.54) is 42.6 Å². The van der Waals surface area contributed by atoms with E-state index in [4.69, 9.17) is 0 Å². The highest BCUT2D eigenvalue weighted by Gasteiger charge is 2.14. The Bertz CT molecular complexity index is 858. The highest BCUT2D eigenvalue weighted by molar-refractivity contribution is 5.82. The number of hydrogen-bond acceptors (Lipinski definition) is 2. The molecule has 1 atom stereocenters. The van der Waals surface area contributed by atoms with Crippen LogP contribution in [0.3, 0.4) is 0 Å². The predicted molar refractivity (Wildman–Crippen MR) is 131 cm³/mol. The van der Waals surface area contributed by atoms with Gasteiger partial charge in [0.2, 0.25) is 5.91 Å². The van der Waals surface area contributed by atoms with Gasteiger partial charge in [0.15, 0.2) is 0 Å². The van der Waals surface area contributed by atoms with Crippen molar-refractivity contribution in [3.63, 3.8) is 0 Å². The largest absolute Gasteiger partial charge is 0.356 e. The summed E-state index contributed by atoms with van der Waals surface area (Å²) < 4.78 is 0. The molecule has 0 bridgehead atoms. The number of aryl methyl sites for hydroxylation is 1. The number of benzene rings is 2. The first kappa shape index (κ1) is 23.3. The molecule has 0 radical (unpaired) electrons. The van der Waals surface area contributed by atoms with Crippen LogP contribution in [0.15, 0.2) is 60.7 Å². The molecule has 1 N–H and O–H groups in total. The standard InChI is InChI=1S/C28H38N2O/c1-3-18-29-28(31)21-25-15-7-9-17-27(25)26-16-8-6-14-24(26)13-5-4-10-19-30-20-11-12-23(2)22-30/h4,6-10,14-17,23H,3,5,11-13,18-22H2,1-2H3,(H,29,31)/b10-4+. The van der Waals surface area contributed by atoms with Gasteiger partial charge in [0, 0.05) is 19.6 Å². The molecule has 1 aliphatic heterocycles. The maximum absolute atomic E-state index is 12.3. The average Bonchev–Trinajstić information content (AvgIpc) is 2.78. The summed E-state index contributed by atoms with van der Waals surface area (Å²) in [6.45, 7) is 8.71. The Morgan fingerprint density at radius 3 is 2.52 bits per heavy atom. The summed E-state index contributed by atoms with van der Waals surface area (Å²) in [6.07, 6.45) is 10.8.